The topological polar surface area (TPSA) is 17.8 Å². The van der Waals surface area contributed by atoms with Gasteiger partial charge in [-0.05, 0) is 30.5 Å². The molecule has 1 aromatic heterocycles. The Kier molecular flexibility index (Phi) is 3.50. The van der Waals surface area contributed by atoms with Gasteiger partial charge in [-0.2, -0.15) is 5.10 Å². The second kappa shape index (κ2) is 5.27. The van der Waals surface area contributed by atoms with E-state index in [1.165, 1.54) is 43.2 Å². The summed E-state index contributed by atoms with van der Waals surface area (Å²) in [6.45, 7) is 0. The van der Waals surface area contributed by atoms with Gasteiger partial charge in [-0.25, -0.2) is 0 Å². The maximum absolute atomic E-state index is 4.54. The fraction of sp³-hybridized carbons (Fsp3) is 0.400. The first-order valence-corrected chi connectivity index (χ1v) is 7.42. The molecule has 1 fully saturated rings. The summed E-state index contributed by atoms with van der Waals surface area (Å²) in [4.78, 5) is 0. The minimum Gasteiger partial charge on any atom is -0.269 e. The Morgan fingerprint density at radius 3 is 2.44 bits per heavy atom. The Labute approximate surface area is 116 Å². The van der Waals surface area contributed by atoms with Crippen LogP contribution in [0.1, 0.15) is 38.1 Å². The Morgan fingerprint density at radius 1 is 1.00 bits per heavy atom. The first kappa shape index (κ1) is 12.0. The minimum absolute atomic E-state index is 0.614. The molecule has 2 aromatic rings. The summed E-state index contributed by atoms with van der Waals surface area (Å²) >= 11 is 3.46. The highest BCUT2D eigenvalue weighted by Crippen LogP contribution is 2.29. The van der Waals surface area contributed by atoms with Gasteiger partial charge in [0.1, 0.15) is 0 Å². The molecule has 0 N–H and O–H groups in total. The van der Waals surface area contributed by atoms with Crippen LogP contribution in [0.2, 0.25) is 0 Å². The molecule has 0 spiro atoms. The van der Waals surface area contributed by atoms with Crippen molar-refractivity contribution in [3.63, 3.8) is 0 Å². The van der Waals surface area contributed by atoms with Crippen molar-refractivity contribution < 1.29 is 0 Å². The highest BCUT2D eigenvalue weighted by atomic mass is 79.9. The first-order chi connectivity index (χ1) is 8.83. The molecule has 94 valence electrons. The molecule has 3 heteroatoms. The zero-order chi connectivity index (χ0) is 12.4. The molecule has 1 saturated carbocycles. The van der Waals surface area contributed by atoms with Gasteiger partial charge >= 0.3 is 0 Å². The third-order valence-corrected chi connectivity index (χ3v) is 4.26. The van der Waals surface area contributed by atoms with E-state index >= 15 is 0 Å². The molecular formula is C15H17BrN2. The molecule has 1 aliphatic carbocycles. The van der Waals surface area contributed by atoms with Gasteiger partial charge in [-0.1, -0.05) is 47.3 Å². The normalized spacial score (nSPS) is 16.9. The second-order valence-corrected chi connectivity index (χ2v) is 5.92. The zero-order valence-corrected chi connectivity index (χ0v) is 11.9. The van der Waals surface area contributed by atoms with Crippen LogP contribution in [-0.4, -0.2) is 9.78 Å². The summed E-state index contributed by atoms with van der Waals surface area (Å²) in [6, 6.07) is 9.03. The van der Waals surface area contributed by atoms with Crippen molar-refractivity contribution in [2.75, 3.05) is 0 Å². The Bertz CT molecular complexity index is 510. The minimum atomic E-state index is 0.614. The average Bonchev–Trinajstić information content (AvgIpc) is 2.90. The first-order valence-electron chi connectivity index (χ1n) is 6.63. The second-order valence-electron chi connectivity index (χ2n) is 5.01. The maximum Gasteiger partial charge on any atom is 0.0568 e. The molecule has 1 aromatic carbocycles. The van der Waals surface area contributed by atoms with E-state index in [1.807, 2.05) is 6.20 Å². The van der Waals surface area contributed by atoms with Crippen molar-refractivity contribution >= 4 is 15.9 Å². The van der Waals surface area contributed by atoms with E-state index in [4.69, 9.17) is 0 Å². The summed E-state index contributed by atoms with van der Waals surface area (Å²) < 4.78 is 3.28. The smallest absolute Gasteiger partial charge is 0.0568 e. The van der Waals surface area contributed by atoms with Crippen LogP contribution >= 0.6 is 15.9 Å². The number of nitrogens with zero attached hydrogens (tertiary/aromatic N) is 2. The SMILES string of the molecule is Brc1ccc(-c2cnn(C3CCCCC3)c2)cc1. The summed E-state index contributed by atoms with van der Waals surface area (Å²) in [5.41, 5.74) is 2.45. The standard InChI is InChI=1S/C15H17BrN2/c16-14-8-6-12(7-9-14)13-10-17-18(11-13)15-4-2-1-3-5-15/h6-11,15H,1-5H2. The quantitative estimate of drug-likeness (QED) is 0.778. The molecule has 3 rings (SSSR count). The zero-order valence-electron chi connectivity index (χ0n) is 10.3. The summed E-state index contributed by atoms with van der Waals surface area (Å²) in [7, 11) is 0. The van der Waals surface area contributed by atoms with Crippen LogP contribution in [0.25, 0.3) is 11.1 Å². The highest BCUT2D eigenvalue weighted by Gasteiger charge is 2.16. The van der Waals surface area contributed by atoms with Crippen molar-refractivity contribution in [2.24, 2.45) is 0 Å². The Morgan fingerprint density at radius 2 is 1.72 bits per heavy atom. The van der Waals surface area contributed by atoms with Crippen molar-refractivity contribution in [3.8, 4) is 11.1 Å². The Balaban J connectivity index is 1.82. The molecule has 0 radical (unpaired) electrons. The van der Waals surface area contributed by atoms with Crippen LogP contribution in [0.4, 0.5) is 0 Å². The number of hydrogen-bond acceptors (Lipinski definition) is 1. The largest absolute Gasteiger partial charge is 0.269 e. The molecule has 0 amide bonds. The van der Waals surface area contributed by atoms with Gasteiger partial charge in [0.15, 0.2) is 0 Å². The van der Waals surface area contributed by atoms with Crippen LogP contribution in [-0.2, 0) is 0 Å². The van der Waals surface area contributed by atoms with Crippen molar-refractivity contribution in [1.82, 2.24) is 9.78 Å². The van der Waals surface area contributed by atoms with E-state index < -0.39 is 0 Å². The summed E-state index contributed by atoms with van der Waals surface area (Å²) in [6.07, 6.45) is 10.8. The van der Waals surface area contributed by atoms with Gasteiger partial charge in [0, 0.05) is 16.2 Å². The van der Waals surface area contributed by atoms with E-state index in [-0.39, 0.29) is 0 Å². The fourth-order valence-corrected chi connectivity index (χ4v) is 2.94. The predicted molar refractivity (Wildman–Crippen MR) is 77.5 cm³/mol. The number of rotatable bonds is 2. The lowest BCUT2D eigenvalue weighted by Crippen LogP contribution is -2.12. The third kappa shape index (κ3) is 2.51. The van der Waals surface area contributed by atoms with Crippen LogP contribution in [0, 0.1) is 0 Å². The average molecular weight is 305 g/mol. The van der Waals surface area contributed by atoms with E-state index in [0.29, 0.717) is 6.04 Å². The van der Waals surface area contributed by atoms with Crippen LogP contribution in [0.3, 0.4) is 0 Å². The molecule has 1 heterocycles. The number of benzene rings is 1. The van der Waals surface area contributed by atoms with Gasteiger partial charge in [0.25, 0.3) is 0 Å². The molecule has 0 unspecified atom stereocenters. The van der Waals surface area contributed by atoms with E-state index in [1.54, 1.807) is 0 Å². The van der Waals surface area contributed by atoms with Gasteiger partial charge in [-0.3, -0.25) is 4.68 Å². The Hall–Kier alpha value is -1.09. The number of hydrogen-bond donors (Lipinski definition) is 0. The van der Waals surface area contributed by atoms with Gasteiger partial charge < -0.3 is 0 Å². The van der Waals surface area contributed by atoms with Crippen LogP contribution in [0.15, 0.2) is 41.1 Å². The molecule has 1 aliphatic rings. The molecular weight excluding hydrogens is 288 g/mol. The fourth-order valence-electron chi connectivity index (χ4n) is 2.67. The lowest BCUT2D eigenvalue weighted by atomic mass is 9.96. The van der Waals surface area contributed by atoms with Crippen molar-refractivity contribution in [2.45, 2.75) is 38.1 Å². The molecule has 0 aliphatic heterocycles. The summed E-state index contributed by atoms with van der Waals surface area (Å²) in [5, 5.41) is 4.54. The van der Waals surface area contributed by atoms with E-state index in [2.05, 4.69) is 56.2 Å². The van der Waals surface area contributed by atoms with Crippen LogP contribution in [0.5, 0.6) is 0 Å². The molecule has 0 bridgehead atoms. The molecule has 2 nitrogen and oxygen atoms in total. The van der Waals surface area contributed by atoms with Crippen molar-refractivity contribution in [3.05, 3.63) is 41.1 Å². The van der Waals surface area contributed by atoms with Gasteiger partial charge in [0.05, 0.1) is 12.2 Å². The van der Waals surface area contributed by atoms with Gasteiger partial charge in [-0.15, -0.1) is 0 Å². The highest BCUT2D eigenvalue weighted by molar-refractivity contribution is 9.10. The number of aromatic nitrogens is 2. The molecule has 0 saturated heterocycles. The van der Waals surface area contributed by atoms with Crippen LogP contribution < -0.4 is 0 Å². The lowest BCUT2D eigenvalue weighted by Gasteiger charge is -2.21. The van der Waals surface area contributed by atoms with E-state index in [0.717, 1.165) is 4.47 Å². The monoisotopic (exact) mass is 304 g/mol. The number of halogens is 1. The van der Waals surface area contributed by atoms with Crippen molar-refractivity contribution in [1.29, 1.82) is 0 Å². The lowest BCUT2D eigenvalue weighted by molar-refractivity contribution is 0.329. The summed E-state index contributed by atoms with van der Waals surface area (Å²) in [5.74, 6) is 0. The third-order valence-electron chi connectivity index (χ3n) is 3.73. The molecule has 18 heavy (non-hydrogen) atoms. The predicted octanol–water partition coefficient (Wildman–Crippen LogP) is 4.82. The maximum atomic E-state index is 4.54. The van der Waals surface area contributed by atoms with Gasteiger partial charge in [0.2, 0.25) is 0 Å². The molecule has 0 atom stereocenters. The van der Waals surface area contributed by atoms with E-state index in [9.17, 15) is 0 Å².